The van der Waals surface area contributed by atoms with Crippen molar-refractivity contribution in [3.05, 3.63) is 0 Å². The summed E-state index contributed by atoms with van der Waals surface area (Å²) in [6, 6.07) is 0. The molecule has 1 saturated carbocycles. The summed E-state index contributed by atoms with van der Waals surface area (Å²) in [6.07, 6.45) is 5.24. The molecule has 3 nitrogen and oxygen atoms in total. The minimum absolute atomic E-state index is 0.207. The van der Waals surface area contributed by atoms with E-state index < -0.39 is 5.60 Å². The Morgan fingerprint density at radius 1 is 1.22 bits per heavy atom. The van der Waals surface area contributed by atoms with Crippen LogP contribution in [0, 0.1) is 11.8 Å². The van der Waals surface area contributed by atoms with Crippen molar-refractivity contribution in [2.75, 3.05) is 19.6 Å². The van der Waals surface area contributed by atoms with Crippen molar-refractivity contribution in [2.24, 2.45) is 0 Å². The third-order valence-corrected chi connectivity index (χ3v) is 3.65. The molecule has 1 aliphatic rings. The van der Waals surface area contributed by atoms with Gasteiger partial charge in [-0.05, 0) is 51.4 Å². The lowest BCUT2D eigenvalue weighted by Crippen LogP contribution is -3.11. The lowest BCUT2D eigenvalue weighted by atomic mass is 9.85. The Labute approximate surface area is 111 Å². The Balaban J connectivity index is 2.66. The summed E-state index contributed by atoms with van der Waals surface area (Å²) in [7, 11) is 0. The highest BCUT2D eigenvalue weighted by Crippen LogP contribution is 2.31. The molecule has 0 heterocycles. The molecule has 0 radical (unpaired) electrons. The Morgan fingerprint density at radius 2 is 1.83 bits per heavy atom. The maximum Gasteiger partial charge on any atom is 0.304 e. The van der Waals surface area contributed by atoms with Crippen LogP contribution in [0.15, 0.2) is 0 Å². The predicted octanol–water partition coefficient (Wildman–Crippen LogP) is 1.18. The summed E-state index contributed by atoms with van der Waals surface area (Å²) in [5.74, 6) is 6.28. The second kappa shape index (κ2) is 7.43. The topological polar surface area (TPSA) is 30.7 Å². The second-order valence-electron chi connectivity index (χ2n) is 5.08. The number of hydrogen-bond donors (Lipinski definition) is 1. The molecule has 0 aliphatic heterocycles. The molecule has 102 valence electrons. The molecule has 1 rings (SSSR count). The van der Waals surface area contributed by atoms with Crippen LogP contribution in [-0.4, -0.2) is 31.2 Å². The van der Waals surface area contributed by atoms with E-state index in [1.807, 2.05) is 0 Å². The largest absolute Gasteiger partial charge is 0.446 e. The summed E-state index contributed by atoms with van der Waals surface area (Å²) >= 11 is 0. The Morgan fingerprint density at radius 3 is 2.33 bits per heavy atom. The molecule has 0 amide bonds. The van der Waals surface area contributed by atoms with Crippen molar-refractivity contribution < 1.29 is 14.4 Å². The van der Waals surface area contributed by atoms with E-state index in [9.17, 15) is 4.79 Å². The highest BCUT2D eigenvalue weighted by atomic mass is 16.6. The van der Waals surface area contributed by atoms with Crippen molar-refractivity contribution in [1.82, 2.24) is 0 Å². The minimum atomic E-state index is -0.489. The van der Waals surface area contributed by atoms with Crippen LogP contribution < -0.4 is 4.90 Å². The summed E-state index contributed by atoms with van der Waals surface area (Å²) in [6.45, 7) is 8.84. The predicted molar refractivity (Wildman–Crippen MR) is 72.3 cm³/mol. The van der Waals surface area contributed by atoms with Crippen molar-refractivity contribution in [3.63, 3.8) is 0 Å². The number of ether oxygens (including phenoxy) is 1. The average Bonchev–Trinajstić information content (AvgIpc) is 2.35. The molecule has 3 heteroatoms. The maximum absolute atomic E-state index is 11.2. The molecular formula is C15H26NO2+. The van der Waals surface area contributed by atoms with Gasteiger partial charge in [0.2, 0.25) is 0 Å². The quantitative estimate of drug-likeness (QED) is 0.602. The molecule has 0 spiro atoms. The molecule has 1 aliphatic carbocycles. The van der Waals surface area contributed by atoms with E-state index in [-0.39, 0.29) is 5.97 Å². The first kappa shape index (κ1) is 15.0. The average molecular weight is 252 g/mol. The minimum Gasteiger partial charge on any atom is -0.446 e. The van der Waals surface area contributed by atoms with Crippen LogP contribution in [0.4, 0.5) is 0 Å². The first-order valence-corrected chi connectivity index (χ1v) is 7.15. The highest BCUT2D eigenvalue weighted by Gasteiger charge is 2.33. The number of quaternary nitrogens is 1. The highest BCUT2D eigenvalue weighted by molar-refractivity contribution is 5.67. The molecular weight excluding hydrogens is 226 g/mol. The first-order chi connectivity index (χ1) is 8.62. The molecule has 1 N–H and O–H groups in total. The maximum atomic E-state index is 11.2. The summed E-state index contributed by atoms with van der Waals surface area (Å²) in [5, 5.41) is 0. The van der Waals surface area contributed by atoms with Crippen molar-refractivity contribution >= 4 is 5.97 Å². The molecule has 0 bridgehead atoms. The van der Waals surface area contributed by atoms with Crippen molar-refractivity contribution in [2.45, 2.75) is 58.5 Å². The molecule has 0 aromatic rings. The van der Waals surface area contributed by atoms with Gasteiger partial charge in [-0.25, -0.2) is 0 Å². The van der Waals surface area contributed by atoms with Gasteiger partial charge in [0.25, 0.3) is 0 Å². The third-order valence-electron chi connectivity index (χ3n) is 3.65. The molecule has 0 saturated heterocycles. The normalized spacial score (nSPS) is 18.0. The van der Waals surface area contributed by atoms with Gasteiger partial charge in [0.15, 0.2) is 5.60 Å². The summed E-state index contributed by atoms with van der Waals surface area (Å²) in [5.41, 5.74) is -0.489. The van der Waals surface area contributed by atoms with E-state index in [4.69, 9.17) is 4.74 Å². The van der Waals surface area contributed by atoms with Gasteiger partial charge in [0, 0.05) is 6.92 Å². The van der Waals surface area contributed by atoms with Crippen LogP contribution in [-0.2, 0) is 9.53 Å². The lowest BCUT2D eigenvalue weighted by molar-refractivity contribution is -0.889. The van der Waals surface area contributed by atoms with Gasteiger partial charge >= 0.3 is 5.97 Å². The third kappa shape index (κ3) is 4.70. The SMILES string of the molecule is CC[NH+](CC)CC#CC1(OC(C)=O)CCCCC1. The number of nitrogens with one attached hydrogen (secondary N) is 1. The standard InChI is InChI=1S/C15H25NO2/c1-4-16(5-2)13-9-12-15(18-14(3)17)10-7-6-8-11-15/h4-8,10-11,13H2,1-3H3/p+1. The molecule has 1 fully saturated rings. The number of carbonyl (C=O) groups excluding carboxylic acids is 1. The van der Waals surface area contributed by atoms with Crippen LogP contribution >= 0.6 is 0 Å². The number of rotatable bonds is 4. The van der Waals surface area contributed by atoms with Gasteiger partial charge in [-0.15, -0.1) is 0 Å². The van der Waals surface area contributed by atoms with Crippen molar-refractivity contribution in [3.8, 4) is 11.8 Å². The Kier molecular flexibility index (Phi) is 6.21. The molecule has 0 aromatic heterocycles. The van der Waals surface area contributed by atoms with Crippen LogP contribution in [0.1, 0.15) is 52.9 Å². The Bertz CT molecular complexity index is 317. The summed E-state index contributed by atoms with van der Waals surface area (Å²) in [4.78, 5) is 12.7. The Hall–Kier alpha value is -1.01. The van der Waals surface area contributed by atoms with E-state index in [0.717, 1.165) is 45.3 Å². The van der Waals surface area contributed by atoms with Gasteiger partial charge in [0.1, 0.15) is 6.54 Å². The zero-order chi connectivity index (χ0) is 13.4. The fraction of sp³-hybridized carbons (Fsp3) is 0.800. The van der Waals surface area contributed by atoms with Crippen LogP contribution in [0.2, 0.25) is 0 Å². The zero-order valence-corrected chi connectivity index (χ0v) is 12.0. The fourth-order valence-corrected chi connectivity index (χ4v) is 2.48. The van der Waals surface area contributed by atoms with Gasteiger partial charge in [0.05, 0.1) is 13.1 Å². The number of carbonyl (C=O) groups is 1. The van der Waals surface area contributed by atoms with E-state index in [0.29, 0.717) is 0 Å². The molecule has 0 aromatic carbocycles. The zero-order valence-electron chi connectivity index (χ0n) is 12.0. The number of hydrogen-bond acceptors (Lipinski definition) is 2. The van der Waals surface area contributed by atoms with Gasteiger partial charge in [-0.2, -0.15) is 0 Å². The monoisotopic (exact) mass is 252 g/mol. The summed E-state index contributed by atoms with van der Waals surface area (Å²) < 4.78 is 5.51. The van der Waals surface area contributed by atoms with Crippen LogP contribution in [0.25, 0.3) is 0 Å². The van der Waals surface area contributed by atoms with Gasteiger partial charge in [-0.3, -0.25) is 4.79 Å². The van der Waals surface area contributed by atoms with E-state index in [1.54, 1.807) is 0 Å². The molecule has 0 atom stereocenters. The first-order valence-electron chi connectivity index (χ1n) is 7.15. The van der Waals surface area contributed by atoms with E-state index in [2.05, 4.69) is 25.7 Å². The smallest absolute Gasteiger partial charge is 0.304 e. The van der Waals surface area contributed by atoms with Crippen LogP contribution in [0.3, 0.4) is 0 Å². The van der Waals surface area contributed by atoms with Crippen LogP contribution in [0.5, 0.6) is 0 Å². The molecule has 0 unspecified atom stereocenters. The fourth-order valence-electron chi connectivity index (χ4n) is 2.48. The van der Waals surface area contributed by atoms with Crippen molar-refractivity contribution in [1.29, 1.82) is 0 Å². The number of esters is 1. The van der Waals surface area contributed by atoms with Gasteiger partial charge < -0.3 is 9.64 Å². The van der Waals surface area contributed by atoms with Gasteiger partial charge in [-0.1, -0.05) is 6.42 Å². The molecule has 18 heavy (non-hydrogen) atoms. The van der Waals surface area contributed by atoms with E-state index in [1.165, 1.54) is 18.2 Å². The van der Waals surface area contributed by atoms with E-state index >= 15 is 0 Å². The lowest BCUT2D eigenvalue weighted by Gasteiger charge is -2.31. The second-order valence-corrected chi connectivity index (χ2v) is 5.08.